The van der Waals surface area contributed by atoms with Crippen LogP contribution in [-0.2, 0) is 0 Å². The van der Waals surface area contributed by atoms with Crippen LogP contribution in [0.4, 0.5) is 0 Å². The molecule has 1 fully saturated rings. The maximum atomic E-state index is 9.52. The Morgan fingerprint density at radius 3 is 2.62 bits per heavy atom. The molecule has 16 heavy (non-hydrogen) atoms. The monoisotopic (exact) mass is 224 g/mol. The first-order valence-corrected chi connectivity index (χ1v) is 5.80. The van der Waals surface area contributed by atoms with Crippen LogP contribution >= 0.6 is 0 Å². The molecule has 0 amide bonds. The minimum Gasteiger partial charge on any atom is -0.393 e. The molecule has 1 spiro atoms. The Hall–Kier alpha value is -1.10. The fourth-order valence-corrected chi connectivity index (χ4v) is 2.37. The molecular weight excluding hydrogens is 204 g/mol. The van der Waals surface area contributed by atoms with Gasteiger partial charge in [-0.25, -0.2) is 4.99 Å². The zero-order chi connectivity index (χ0) is 11.8. The van der Waals surface area contributed by atoms with E-state index in [9.17, 15) is 5.11 Å². The van der Waals surface area contributed by atoms with Gasteiger partial charge in [0.2, 0.25) is 0 Å². The van der Waals surface area contributed by atoms with Crippen LogP contribution in [0.1, 0.15) is 32.1 Å². The molecule has 1 aliphatic carbocycles. The quantitative estimate of drug-likeness (QED) is 0.562. The average Bonchev–Trinajstić information content (AvgIpc) is 2.22. The van der Waals surface area contributed by atoms with Gasteiger partial charge in [-0.3, -0.25) is 5.41 Å². The summed E-state index contributed by atoms with van der Waals surface area (Å²) in [5.41, 5.74) is -0.325. The molecule has 1 aliphatic heterocycles. The van der Waals surface area contributed by atoms with Gasteiger partial charge in [-0.15, -0.1) is 0 Å². The molecule has 90 valence electrons. The van der Waals surface area contributed by atoms with E-state index >= 15 is 0 Å². The number of hydrogen-bond acceptors (Lipinski definition) is 4. The predicted molar refractivity (Wildman–Crippen MR) is 63.8 cm³/mol. The summed E-state index contributed by atoms with van der Waals surface area (Å²) in [6.45, 7) is 0. The number of nitrogens with zero attached hydrogens (tertiary/aromatic N) is 2. The van der Waals surface area contributed by atoms with Crippen LogP contribution in [0.5, 0.6) is 0 Å². The highest BCUT2D eigenvalue weighted by molar-refractivity contribution is 6.03. The van der Waals surface area contributed by atoms with Crippen molar-refractivity contribution in [3.8, 4) is 0 Å². The van der Waals surface area contributed by atoms with Gasteiger partial charge in [0.05, 0.1) is 12.5 Å². The predicted octanol–water partition coefficient (Wildman–Crippen LogP) is 0.548. The highest BCUT2D eigenvalue weighted by atomic mass is 16.3. The molecular formula is C11H20N4O. The Kier molecular flexibility index (Phi) is 2.88. The summed E-state index contributed by atoms with van der Waals surface area (Å²) in [6, 6.07) is 0. The molecule has 1 saturated carbocycles. The second kappa shape index (κ2) is 4.05. The van der Waals surface area contributed by atoms with Gasteiger partial charge < -0.3 is 15.3 Å². The average molecular weight is 224 g/mol. The van der Waals surface area contributed by atoms with Crippen LogP contribution in [0.25, 0.3) is 0 Å². The second-order valence-electron chi connectivity index (χ2n) is 4.97. The van der Waals surface area contributed by atoms with Crippen LogP contribution in [0.3, 0.4) is 0 Å². The van der Waals surface area contributed by atoms with Crippen LogP contribution < -0.4 is 5.32 Å². The van der Waals surface area contributed by atoms with Crippen molar-refractivity contribution in [2.45, 2.75) is 43.9 Å². The first kappa shape index (κ1) is 11.4. The third-order valence-electron chi connectivity index (χ3n) is 3.36. The van der Waals surface area contributed by atoms with Crippen molar-refractivity contribution in [3.63, 3.8) is 0 Å². The largest absolute Gasteiger partial charge is 0.393 e. The lowest BCUT2D eigenvalue weighted by Gasteiger charge is -2.41. The van der Waals surface area contributed by atoms with E-state index < -0.39 is 0 Å². The molecule has 0 aromatic heterocycles. The zero-order valence-electron chi connectivity index (χ0n) is 9.95. The van der Waals surface area contributed by atoms with Crippen molar-refractivity contribution >= 4 is 11.7 Å². The Labute approximate surface area is 96.1 Å². The van der Waals surface area contributed by atoms with Crippen LogP contribution in [0.2, 0.25) is 0 Å². The van der Waals surface area contributed by atoms with Gasteiger partial charge in [-0.2, -0.15) is 0 Å². The lowest BCUT2D eigenvalue weighted by atomic mass is 9.86. The van der Waals surface area contributed by atoms with Gasteiger partial charge in [-0.1, -0.05) is 0 Å². The van der Waals surface area contributed by atoms with Crippen molar-refractivity contribution < 1.29 is 5.11 Å². The van der Waals surface area contributed by atoms with E-state index in [-0.39, 0.29) is 11.8 Å². The molecule has 2 rings (SSSR count). The van der Waals surface area contributed by atoms with Gasteiger partial charge in [0.25, 0.3) is 0 Å². The lowest BCUT2D eigenvalue weighted by Crippen LogP contribution is -2.55. The summed E-state index contributed by atoms with van der Waals surface area (Å²) < 4.78 is 0. The van der Waals surface area contributed by atoms with E-state index in [4.69, 9.17) is 10.4 Å². The highest BCUT2D eigenvalue weighted by Crippen LogP contribution is 2.32. The number of rotatable bonds is 0. The fraction of sp³-hybridized carbons (Fsp3) is 0.818. The summed E-state index contributed by atoms with van der Waals surface area (Å²) in [5, 5.41) is 20.6. The third-order valence-corrected chi connectivity index (χ3v) is 3.36. The summed E-state index contributed by atoms with van der Waals surface area (Å²) in [4.78, 5) is 6.71. The van der Waals surface area contributed by atoms with Crippen molar-refractivity contribution in [2.75, 3.05) is 14.1 Å². The second-order valence-corrected chi connectivity index (χ2v) is 4.97. The fourth-order valence-electron chi connectivity index (χ4n) is 2.37. The molecule has 0 aromatic rings. The highest BCUT2D eigenvalue weighted by Gasteiger charge is 2.38. The maximum Gasteiger partial charge on any atom is 0.132 e. The van der Waals surface area contributed by atoms with Gasteiger partial charge in [0.1, 0.15) is 17.3 Å². The number of aliphatic hydroxyl groups is 1. The molecule has 0 bridgehead atoms. The Balaban J connectivity index is 2.20. The van der Waals surface area contributed by atoms with Gasteiger partial charge in [0.15, 0.2) is 0 Å². The molecule has 0 unspecified atom stereocenters. The normalized spacial score (nSPS) is 34.6. The summed E-state index contributed by atoms with van der Waals surface area (Å²) in [5.74, 6) is 1.50. The first-order chi connectivity index (χ1) is 7.51. The van der Waals surface area contributed by atoms with Gasteiger partial charge in [-0.05, 0) is 25.7 Å². The SMILES string of the molecule is CN(C)C1=NC2(CCC(O)CC2)NC(=N)C1. The molecule has 0 atom stereocenters. The molecule has 1 heterocycles. The lowest BCUT2D eigenvalue weighted by molar-refractivity contribution is 0.0920. The Bertz CT molecular complexity index is 316. The number of aliphatic hydroxyl groups excluding tert-OH is 1. The smallest absolute Gasteiger partial charge is 0.132 e. The maximum absolute atomic E-state index is 9.52. The van der Waals surface area contributed by atoms with E-state index in [0.29, 0.717) is 12.3 Å². The summed E-state index contributed by atoms with van der Waals surface area (Å²) >= 11 is 0. The topological polar surface area (TPSA) is 71.7 Å². The first-order valence-electron chi connectivity index (χ1n) is 5.80. The molecule has 5 heteroatoms. The Morgan fingerprint density at radius 1 is 1.44 bits per heavy atom. The summed E-state index contributed by atoms with van der Waals surface area (Å²) in [7, 11) is 3.92. The van der Waals surface area contributed by atoms with Gasteiger partial charge >= 0.3 is 0 Å². The molecule has 5 nitrogen and oxygen atoms in total. The van der Waals surface area contributed by atoms with Crippen LogP contribution in [0, 0.1) is 5.41 Å². The van der Waals surface area contributed by atoms with Crippen molar-refractivity contribution in [3.05, 3.63) is 0 Å². The van der Waals surface area contributed by atoms with E-state index in [1.165, 1.54) is 0 Å². The van der Waals surface area contributed by atoms with Crippen molar-refractivity contribution in [1.82, 2.24) is 10.2 Å². The molecule has 0 saturated heterocycles. The molecule has 0 aromatic carbocycles. The van der Waals surface area contributed by atoms with E-state index in [0.717, 1.165) is 31.5 Å². The number of amidine groups is 2. The summed E-state index contributed by atoms with van der Waals surface area (Å²) in [6.07, 6.45) is 3.55. The van der Waals surface area contributed by atoms with Crippen molar-refractivity contribution in [2.24, 2.45) is 4.99 Å². The van der Waals surface area contributed by atoms with Gasteiger partial charge in [0, 0.05) is 14.1 Å². The van der Waals surface area contributed by atoms with E-state index in [1.54, 1.807) is 0 Å². The standard InChI is InChI=1S/C11H20N4O/c1-15(2)10-7-9(12)13-11(14-10)5-3-8(16)4-6-11/h8,16H,3-7H2,1-2H3,(H2,12,13). The Morgan fingerprint density at radius 2 is 2.06 bits per heavy atom. The van der Waals surface area contributed by atoms with Crippen LogP contribution in [0.15, 0.2) is 4.99 Å². The van der Waals surface area contributed by atoms with E-state index in [2.05, 4.69) is 5.32 Å². The number of nitrogens with one attached hydrogen (secondary N) is 2. The molecule has 2 aliphatic rings. The molecule has 3 N–H and O–H groups in total. The number of hydrogen-bond donors (Lipinski definition) is 3. The number of aliphatic imine (C=N–C) groups is 1. The zero-order valence-corrected chi connectivity index (χ0v) is 9.95. The molecule has 0 radical (unpaired) electrons. The van der Waals surface area contributed by atoms with Crippen molar-refractivity contribution in [1.29, 1.82) is 5.41 Å². The van der Waals surface area contributed by atoms with E-state index in [1.807, 2.05) is 19.0 Å². The minimum absolute atomic E-state index is 0.193. The third kappa shape index (κ3) is 2.19. The minimum atomic E-state index is -0.325. The van der Waals surface area contributed by atoms with Crippen LogP contribution in [-0.4, -0.2) is 47.5 Å².